The third kappa shape index (κ3) is 4.58. The number of aromatic carboxylic acids is 1. The SMILES string of the molecule is Cc1cc(C(=O)O)cc(CCCc2ncc(C3CCC3)n2Cc2ccc(F)cc2)n1. The van der Waals surface area contributed by atoms with Crippen LogP contribution >= 0.6 is 0 Å². The molecular weight excluding hydrogens is 381 g/mol. The van der Waals surface area contributed by atoms with Crippen molar-refractivity contribution in [3.63, 3.8) is 0 Å². The third-order valence-corrected chi connectivity index (χ3v) is 5.83. The number of halogens is 1. The Morgan fingerprint density at radius 3 is 2.63 bits per heavy atom. The summed E-state index contributed by atoms with van der Waals surface area (Å²) in [4.78, 5) is 20.5. The molecule has 0 radical (unpaired) electrons. The summed E-state index contributed by atoms with van der Waals surface area (Å²) in [5, 5.41) is 9.25. The molecule has 1 aliphatic carbocycles. The highest BCUT2D eigenvalue weighted by Crippen LogP contribution is 2.37. The summed E-state index contributed by atoms with van der Waals surface area (Å²) in [7, 11) is 0. The lowest BCUT2D eigenvalue weighted by Gasteiger charge is -2.27. The molecule has 6 heteroatoms. The first-order valence-corrected chi connectivity index (χ1v) is 10.5. The van der Waals surface area contributed by atoms with E-state index < -0.39 is 5.97 Å². The van der Waals surface area contributed by atoms with Crippen LogP contribution in [-0.2, 0) is 19.4 Å². The van der Waals surface area contributed by atoms with E-state index in [0.717, 1.165) is 35.6 Å². The standard InChI is InChI=1S/C24H26FN3O2/c1-16-12-19(24(29)30)13-21(27-16)6-3-7-23-26-14-22(18-4-2-5-18)28(23)15-17-8-10-20(25)11-9-17/h8-14,18H,2-7,15H2,1H3,(H,29,30). The molecule has 156 valence electrons. The lowest BCUT2D eigenvalue weighted by Crippen LogP contribution is -2.16. The molecule has 4 rings (SSSR count). The predicted molar refractivity (Wildman–Crippen MR) is 112 cm³/mol. The first-order chi connectivity index (χ1) is 14.5. The number of imidazole rings is 1. The van der Waals surface area contributed by atoms with Crippen molar-refractivity contribution in [1.29, 1.82) is 0 Å². The van der Waals surface area contributed by atoms with Gasteiger partial charge in [-0.2, -0.15) is 0 Å². The molecule has 1 aliphatic rings. The number of benzene rings is 1. The van der Waals surface area contributed by atoms with Gasteiger partial charge >= 0.3 is 5.97 Å². The van der Waals surface area contributed by atoms with Crippen molar-refractivity contribution in [2.75, 3.05) is 0 Å². The van der Waals surface area contributed by atoms with Gasteiger partial charge in [0, 0.05) is 42.2 Å². The number of aryl methyl sites for hydroxylation is 3. The van der Waals surface area contributed by atoms with E-state index in [1.165, 1.54) is 37.1 Å². The number of carbonyl (C=O) groups is 1. The average molecular weight is 407 g/mol. The molecule has 3 aromatic rings. The summed E-state index contributed by atoms with van der Waals surface area (Å²) in [6.07, 6.45) is 7.96. The summed E-state index contributed by atoms with van der Waals surface area (Å²) >= 11 is 0. The number of aromatic nitrogens is 3. The fourth-order valence-corrected chi connectivity index (χ4v) is 4.03. The summed E-state index contributed by atoms with van der Waals surface area (Å²) in [5.74, 6) is 0.424. The fourth-order valence-electron chi connectivity index (χ4n) is 4.03. The van der Waals surface area contributed by atoms with Gasteiger partial charge in [-0.1, -0.05) is 18.6 Å². The van der Waals surface area contributed by atoms with Crippen LogP contribution in [0, 0.1) is 12.7 Å². The third-order valence-electron chi connectivity index (χ3n) is 5.83. The number of rotatable bonds is 8. The summed E-state index contributed by atoms with van der Waals surface area (Å²) in [6.45, 7) is 2.50. The maximum atomic E-state index is 13.3. The van der Waals surface area contributed by atoms with Crippen LogP contribution in [0.1, 0.15) is 70.4 Å². The van der Waals surface area contributed by atoms with Crippen LogP contribution in [-0.4, -0.2) is 25.6 Å². The molecule has 2 aromatic heterocycles. The van der Waals surface area contributed by atoms with Gasteiger partial charge in [-0.25, -0.2) is 14.2 Å². The Bertz CT molecular complexity index is 1040. The zero-order chi connectivity index (χ0) is 21.1. The van der Waals surface area contributed by atoms with Crippen molar-refractivity contribution >= 4 is 5.97 Å². The topological polar surface area (TPSA) is 68.0 Å². The van der Waals surface area contributed by atoms with Crippen LogP contribution in [0.4, 0.5) is 4.39 Å². The van der Waals surface area contributed by atoms with Crippen LogP contribution in [0.15, 0.2) is 42.6 Å². The van der Waals surface area contributed by atoms with E-state index in [1.54, 1.807) is 12.1 Å². The van der Waals surface area contributed by atoms with E-state index >= 15 is 0 Å². The molecule has 30 heavy (non-hydrogen) atoms. The molecule has 2 heterocycles. The van der Waals surface area contributed by atoms with E-state index in [4.69, 9.17) is 4.98 Å². The Hall–Kier alpha value is -3.02. The van der Waals surface area contributed by atoms with Crippen molar-refractivity contribution in [2.45, 2.75) is 57.9 Å². The Kier molecular flexibility index (Phi) is 5.93. The molecule has 0 aliphatic heterocycles. The van der Waals surface area contributed by atoms with Gasteiger partial charge in [-0.3, -0.25) is 4.98 Å². The quantitative estimate of drug-likeness (QED) is 0.576. The Labute approximate surface area is 175 Å². The maximum Gasteiger partial charge on any atom is 0.335 e. The van der Waals surface area contributed by atoms with Crippen molar-refractivity contribution in [3.05, 3.63) is 82.4 Å². The highest BCUT2D eigenvalue weighted by Gasteiger charge is 2.24. The maximum absolute atomic E-state index is 13.3. The molecule has 0 amide bonds. The zero-order valence-corrected chi connectivity index (χ0v) is 17.1. The molecule has 5 nitrogen and oxygen atoms in total. The summed E-state index contributed by atoms with van der Waals surface area (Å²) in [6, 6.07) is 9.89. The molecule has 0 spiro atoms. The smallest absolute Gasteiger partial charge is 0.335 e. The van der Waals surface area contributed by atoms with Crippen LogP contribution in [0.3, 0.4) is 0 Å². The molecule has 1 saturated carbocycles. The number of hydrogen-bond acceptors (Lipinski definition) is 3. The second-order valence-corrected chi connectivity index (χ2v) is 8.09. The van der Waals surface area contributed by atoms with Gasteiger partial charge < -0.3 is 9.67 Å². The Balaban J connectivity index is 1.49. The number of pyridine rings is 1. The lowest BCUT2D eigenvalue weighted by molar-refractivity contribution is 0.0696. The summed E-state index contributed by atoms with van der Waals surface area (Å²) in [5.41, 5.74) is 4.12. The first kappa shape index (κ1) is 20.3. The van der Waals surface area contributed by atoms with E-state index in [1.807, 2.05) is 25.3 Å². The van der Waals surface area contributed by atoms with Crippen molar-refractivity contribution in [3.8, 4) is 0 Å². The number of nitrogens with zero attached hydrogens (tertiary/aromatic N) is 3. The molecule has 1 fully saturated rings. The van der Waals surface area contributed by atoms with Crippen LogP contribution in [0.5, 0.6) is 0 Å². The Morgan fingerprint density at radius 1 is 1.20 bits per heavy atom. The van der Waals surface area contributed by atoms with E-state index in [-0.39, 0.29) is 11.4 Å². The normalized spacial score (nSPS) is 13.9. The number of carboxylic acids is 1. The van der Waals surface area contributed by atoms with Crippen LogP contribution in [0.2, 0.25) is 0 Å². The van der Waals surface area contributed by atoms with Crippen molar-refractivity contribution in [1.82, 2.24) is 14.5 Å². The molecule has 0 saturated heterocycles. The van der Waals surface area contributed by atoms with Gasteiger partial charge in [-0.05, 0) is 62.4 Å². The molecule has 0 unspecified atom stereocenters. The van der Waals surface area contributed by atoms with Crippen LogP contribution in [0.25, 0.3) is 0 Å². The van der Waals surface area contributed by atoms with Crippen molar-refractivity contribution in [2.24, 2.45) is 0 Å². The highest BCUT2D eigenvalue weighted by molar-refractivity contribution is 5.87. The highest BCUT2D eigenvalue weighted by atomic mass is 19.1. The monoisotopic (exact) mass is 407 g/mol. The van der Waals surface area contributed by atoms with E-state index in [2.05, 4.69) is 9.55 Å². The number of carboxylic acid groups (broad SMARTS) is 1. The Morgan fingerprint density at radius 2 is 1.97 bits per heavy atom. The summed E-state index contributed by atoms with van der Waals surface area (Å²) < 4.78 is 15.6. The molecule has 1 N–H and O–H groups in total. The molecule has 1 aromatic carbocycles. The average Bonchev–Trinajstić information content (AvgIpc) is 3.04. The molecule has 0 bridgehead atoms. The van der Waals surface area contributed by atoms with E-state index in [9.17, 15) is 14.3 Å². The number of hydrogen-bond donors (Lipinski definition) is 1. The minimum atomic E-state index is -0.929. The molecule has 0 atom stereocenters. The molecular formula is C24H26FN3O2. The van der Waals surface area contributed by atoms with Gasteiger partial charge in [0.05, 0.1) is 5.56 Å². The first-order valence-electron chi connectivity index (χ1n) is 10.5. The zero-order valence-electron chi connectivity index (χ0n) is 17.1. The fraction of sp³-hybridized carbons (Fsp3) is 0.375. The van der Waals surface area contributed by atoms with Crippen molar-refractivity contribution < 1.29 is 14.3 Å². The second-order valence-electron chi connectivity index (χ2n) is 8.09. The lowest BCUT2D eigenvalue weighted by atomic mass is 9.83. The van der Waals surface area contributed by atoms with Gasteiger partial charge in [0.2, 0.25) is 0 Å². The minimum Gasteiger partial charge on any atom is -0.478 e. The van der Waals surface area contributed by atoms with Gasteiger partial charge in [0.25, 0.3) is 0 Å². The predicted octanol–water partition coefficient (Wildman–Crippen LogP) is 4.91. The minimum absolute atomic E-state index is 0.227. The van der Waals surface area contributed by atoms with Gasteiger partial charge in [-0.15, -0.1) is 0 Å². The van der Waals surface area contributed by atoms with E-state index in [0.29, 0.717) is 18.9 Å². The second kappa shape index (κ2) is 8.78. The largest absolute Gasteiger partial charge is 0.478 e. The van der Waals surface area contributed by atoms with Crippen LogP contribution < -0.4 is 0 Å². The van der Waals surface area contributed by atoms with Gasteiger partial charge in [0.15, 0.2) is 0 Å². The van der Waals surface area contributed by atoms with Gasteiger partial charge in [0.1, 0.15) is 11.6 Å².